The van der Waals surface area contributed by atoms with Crippen LogP contribution >= 0.6 is 22.9 Å². The van der Waals surface area contributed by atoms with Gasteiger partial charge < -0.3 is 5.32 Å². The van der Waals surface area contributed by atoms with Crippen LogP contribution in [0.2, 0.25) is 5.02 Å². The van der Waals surface area contributed by atoms with Gasteiger partial charge in [0.2, 0.25) is 5.91 Å². The predicted octanol–water partition coefficient (Wildman–Crippen LogP) is 4.08. The highest BCUT2D eigenvalue weighted by Crippen LogP contribution is 2.51. The van der Waals surface area contributed by atoms with Crippen molar-refractivity contribution >= 4 is 34.0 Å². The van der Waals surface area contributed by atoms with E-state index in [4.69, 9.17) is 11.6 Å². The lowest BCUT2D eigenvalue weighted by atomic mass is 9.95. The smallest absolute Gasteiger partial charge is 0.236 e. The van der Waals surface area contributed by atoms with E-state index in [0.29, 0.717) is 10.2 Å². The van der Waals surface area contributed by atoms with E-state index in [-0.39, 0.29) is 5.91 Å². The molecule has 3 rings (SSSR count). The average molecular weight is 307 g/mol. The lowest BCUT2D eigenvalue weighted by Crippen LogP contribution is -2.28. The fraction of sp³-hybridized carbons (Fsp3) is 0.333. The maximum Gasteiger partial charge on any atom is 0.236 e. The van der Waals surface area contributed by atoms with Crippen LogP contribution in [0.4, 0.5) is 5.13 Å². The molecular weight excluding hydrogens is 292 g/mol. The lowest BCUT2D eigenvalue weighted by Gasteiger charge is -2.15. The minimum atomic E-state index is -0.466. The molecule has 0 bridgehead atoms. The molecule has 3 nitrogen and oxygen atoms in total. The number of benzene rings is 1. The maximum absolute atomic E-state index is 12.6. The molecular formula is C15H15ClN2OS. The van der Waals surface area contributed by atoms with Gasteiger partial charge in [-0.25, -0.2) is 4.98 Å². The Bertz CT molecular complexity index is 657. The first kappa shape index (κ1) is 13.6. The highest BCUT2D eigenvalue weighted by Gasteiger charge is 2.52. The predicted molar refractivity (Wildman–Crippen MR) is 82.6 cm³/mol. The van der Waals surface area contributed by atoms with Crippen molar-refractivity contribution in [2.75, 3.05) is 5.32 Å². The van der Waals surface area contributed by atoms with E-state index in [0.717, 1.165) is 29.0 Å². The Balaban J connectivity index is 1.85. The van der Waals surface area contributed by atoms with Gasteiger partial charge in [0.25, 0.3) is 0 Å². The number of nitrogens with one attached hydrogen (secondary N) is 1. The number of aryl methyl sites for hydroxylation is 2. The van der Waals surface area contributed by atoms with E-state index in [9.17, 15) is 4.79 Å². The summed E-state index contributed by atoms with van der Waals surface area (Å²) in [6.45, 7) is 3.95. The number of halogens is 1. The molecule has 1 aliphatic carbocycles. The van der Waals surface area contributed by atoms with Crippen molar-refractivity contribution in [1.82, 2.24) is 4.98 Å². The zero-order chi connectivity index (χ0) is 14.3. The first-order valence-corrected chi connectivity index (χ1v) is 7.73. The molecule has 1 aromatic heterocycles. The molecule has 0 radical (unpaired) electrons. The summed E-state index contributed by atoms with van der Waals surface area (Å²) in [4.78, 5) is 18.1. The number of anilines is 1. The van der Waals surface area contributed by atoms with Crippen molar-refractivity contribution < 1.29 is 4.79 Å². The highest BCUT2D eigenvalue weighted by atomic mass is 35.5. The largest absolute Gasteiger partial charge is 0.301 e. The quantitative estimate of drug-likeness (QED) is 0.928. The van der Waals surface area contributed by atoms with Crippen molar-refractivity contribution in [3.63, 3.8) is 0 Å². The monoisotopic (exact) mass is 306 g/mol. The van der Waals surface area contributed by atoms with Gasteiger partial charge in [0.15, 0.2) is 5.13 Å². The van der Waals surface area contributed by atoms with Crippen molar-refractivity contribution in [2.45, 2.75) is 32.1 Å². The second-order valence-electron chi connectivity index (χ2n) is 5.18. The molecule has 104 valence electrons. The van der Waals surface area contributed by atoms with Gasteiger partial charge in [0.05, 0.1) is 11.1 Å². The number of amides is 1. The van der Waals surface area contributed by atoms with Crippen LogP contribution in [0, 0.1) is 13.8 Å². The second kappa shape index (κ2) is 4.86. The van der Waals surface area contributed by atoms with Gasteiger partial charge in [-0.15, -0.1) is 11.3 Å². The third-order valence-corrected chi connectivity index (χ3v) is 5.14. The van der Waals surface area contributed by atoms with Crippen LogP contribution in [0.15, 0.2) is 24.3 Å². The second-order valence-corrected chi connectivity index (χ2v) is 6.79. The SMILES string of the molecule is Cc1nc(NC(=O)C2(c3ccccc3Cl)CC2)sc1C. The number of carbonyl (C=O) groups excluding carboxylic acids is 1. The summed E-state index contributed by atoms with van der Waals surface area (Å²) in [6, 6.07) is 7.58. The van der Waals surface area contributed by atoms with Crippen LogP contribution in [-0.4, -0.2) is 10.9 Å². The van der Waals surface area contributed by atoms with Crippen molar-refractivity contribution in [3.05, 3.63) is 45.4 Å². The summed E-state index contributed by atoms with van der Waals surface area (Å²) in [5.74, 6) is -0.000602. The molecule has 1 amide bonds. The van der Waals surface area contributed by atoms with E-state index in [2.05, 4.69) is 10.3 Å². The molecule has 0 atom stereocenters. The first-order valence-electron chi connectivity index (χ1n) is 6.53. The summed E-state index contributed by atoms with van der Waals surface area (Å²) in [7, 11) is 0. The van der Waals surface area contributed by atoms with Crippen LogP contribution in [0.3, 0.4) is 0 Å². The fourth-order valence-electron chi connectivity index (χ4n) is 2.34. The van der Waals surface area contributed by atoms with Gasteiger partial charge in [-0.1, -0.05) is 29.8 Å². The van der Waals surface area contributed by atoms with Crippen molar-refractivity contribution in [1.29, 1.82) is 0 Å². The van der Waals surface area contributed by atoms with E-state index < -0.39 is 5.41 Å². The van der Waals surface area contributed by atoms with Gasteiger partial charge in [-0.3, -0.25) is 4.79 Å². The average Bonchev–Trinajstić information content (AvgIpc) is 3.14. The Hall–Kier alpha value is -1.39. The van der Waals surface area contributed by atoms with Gasteiger partial charge in [0.1, 0.15) is 0 Å². The molecule has 20 heavy (non-hydrogen) atoms. The van der Waals surface area contributed by atoms with Crippen molar-refractivity contribution in [2.24, 2.45) is 0 Å². The molecule has 0 aliphatic heterocycles. The Labute approximate surface area is 127 Å². The Morgan fingerprint density at radius 2 is 2.05 bits per heavy atom. The molecule has 1 aliphatic rings. The zero-order valence-corrected chi connectivity index (χ0v) is 12.9. The minimum absolute atomic E-state index is 0.000602. The van der Waals surface area contributed by atoms with Crippen LogP contribution in [0.25, 0.3) is 0 Å². The molecule has 2 aromatic rings. The highest BCUT2D eigenvalue weighted by molar-refractivity contribution is 7.15. The molecule has 0 saturated heterocycles. The standard InChI is InChI=1S/C15H15ClN2OS/c1-9-10(2)20-14(17-9)18-13(19)15(7-8-15)11-5-3-4-6-12(11)16/h3-6H,7-8H2,1-2H3,(H,17,18,19). The Kier molecular flexibility index (Phi) is 3.30. The van der Waals surface area contributed by atoms with E-state index in [1.165, 1.54) is 11.3 Å². The van der Waals surface area contributed by atoms with Crippen molar-refractivity contribution in [3.8, 4) is 0 Å². The lowest BCUT2D eigenvalue weighted by molar-refractivity contribution is -0.118. The molecule has 1 saturated carbocycles. The summed E-state index contributed by atoms with van der Waals surface area (Å²) >= 11 is 7.74. The first-order chi connectivity index (χ1) is 9.53. The molecule has 1 heterocycles. The maximum atomic E-state index is 12.6. The van der Waals surface area contributed by atoms with Crippen LogP contribution < -0.4 is 5.32 Å². The van der Waals surface area contributed by atoms with E-state index in [1.54, 1.807) is 0 Å². The topological polar surface area (TPSA) is 42.0 Å². The zero-order valence-electron chi connectivity index (χ0n) is 11.4. The summed E-state index contributed by atoms with van der Waals surface area (Å²) < 4.78 is 0. The molecule has 1 fully saturated rings. The Morgan fingerprint density at radius 3 is 2.60 bits per heavy atom. The van der Waals surface area contributed by atoms with E-state index >= 15 is 0 Å². The van der Waals surface area contributed by atoms with Gasteiger partial charge in [-0.2, -0.15) is 0 Å². The van der Waals surface area contributed by atoms with Gasteiger partial charge >= 0.3 is 0 Å². The number of rotatable bonds is 3. The summed E-state index contributed by atoms with van der Waals surface area (Å²) in [5, 5.41) is 4.27. The number of hydrogen-bond acceptors (Lipinski definition) is 3. The summed E-state index contributed by atoms with van der Waals surface area (Å²) in [5.41, 5.74) is 1.42. The van der Waals surface area contributed by atoms with Crippen LogP contribution in [-0.2, 0) is 10.2 Å². The third kappa shape index (κ3) is 2.23. The number of hydrogen-bond donors (Lipinski definition) is 1. The molecule has 0 spiro atoms. The third-order valence-electron chi connectivity index (χ3n) is 3.82. The molecule has 1 aromatic carbocycles. The number of nitrogens with zero attached hydrogens (tertiary/aromatic N) is 1. The molecule has 5 heteroatoms. The summed E-state index contributed by atoms with van der Waals surface area (Å²) in [6.07, 6.45) is 1.68. The van der Waals surface area contributed by atoms with Gasteiger partial charge in [-0.05, 0) is 38.3 Å². The minimum Gasteiger partial charge on any atom is -0.301 e. The normalized spacial score (nSPS) is 15.9. The number of thiazole rings is 1. The number of aromatic nitrogens is 1. The van der Waals surface area contributed by atoms with Gasteiger partial charge in [0, 0.05) is 9.90 Å². The Morgan fingerprint density at radius 1 is 1.35 bits per heavy atom. The van der Waals surface area contributed by atoms with Crippen LogP contribution in [0.1, 0.15) is 29.0 Å². The number of carbonyl (C=O) groups is 1. The molecule has 1 N–H and O–H groups in total. The van der Waals surface area contributed by atoms with Crippen LogP contribution in [0.5, 0.6) is 0 Å². The van der Waals surface area contributed by atoms with E-state index in [1.807, 2.05) is 38.1 Å². The molecule has 0 unspecified atom stereocenters. The fourth-order valence-corrected chi connectivity index (χ4v) is 3.46.